The van der Waals surface area contributed by atoms with Gasteiger partial charge in [-0.1, -0.05) is 83.9 Å². The summed E-state index contributed by atoms with van der Waals surface area (Å²) in [4.78, 5) is 0.510. The van der Waals surface area contributed by atoms with E-state index in [4.69, 9.17) is 0 Å². The Kier molecular flexibility index (Phi) is 3.88. The van der Waals surface area contributed by atoms with Crippen LogP contribution in [0.5, 0.6) is 0 Å². The lowest BCUT2D eigenvalue weighted by molar-refractivity contribution is 0.569. The first-order valence-corrected chi connectivity index (χ1v) is 7.15. The SMILES string of the molecule is CCC(Br)C1=CC=CC(C)(c2ccccc2)C1. The van der Waals surface area contributed by atoms with Crippen molar-refractivity contribution in [3.8, 4) is 0 Å². The van der Waals surface area contributed by atoms with Crippen LogP contribution in [0.2, 0.25) is 0 Å². The molecular weight excluding hydrogens is 272 g/mol. The second-order valence-electron chi connectivity index (χ2n) is 4.94. The molecule has 17 heavy (non-hydrogen) atoms. The third-order valence-corrected chi connectivity index (χ3v) is 4.78. The van der Waals surface area contributed by atoms with Crippen LogP contribution < -0.4 is 0 Å². The van der Waals surface area contributed by atoms with Gasteiger partial charge in [0.1, 0.15) is 0 Å². The Morgan fingerprint density at radius 2 is 2.00 bits per heavy atom. The molecule has 0 aliphatic heterocycles. The topological polar surface area (TPSA) is 0 Å². The zero-order chi connectivity index (χ0) is 12.3. The summed E-state index contributed by atoms with van der Waals surface area (Å²) in [6.07, 6.45) is 9.03. The highest BCUT2D eigenvalue weighted by atomic mass is 79.9. The van der Waals surface area contributed by atoms with E-state index >= 15 is 0 Å². The molecule has 0 bridgehead atoms. The molecule has 1 aromatic rings. The van der Waals surface area contributed by atoms with E-state index in [0.29, 0.717) is 4.83 Å². The van der Waals surface area contributed by atoms with Crippen molar-refractivity contribution in [2.24, 2.45) is 0 Å². The van der Waals surface area contributed by atoms with Gasteiger partial charge in [-0.3, -0.25) is 0 Å². The van der Waals surface area contributed by atoms with Crippen molar-refractivity contribution in [2.45, 2.75) is 36.9 Å². The fraction of sp³-hybridized carbons (Fsp3) is 0.375. The third-order valence-electron chi connectivity index (χ3n) is 3.54. The molecule has 2 rings (SSSR count). The van der Waals surface area contributed by atoms with Gasteiger partial charge in [-0.2, -0.15) is 0 Å². The second-order valence-corrected chi connectivity index (χ2v) is 6.04. The van der Waals surface area contributed by atoms with E-state index < -0.39 is 0 Å². The number of hydrogen-bond donors (Lipinski definition) is 0. The van der Waals surface area contributed by atoms with Gasteiger partial charge in [-0.15, -0.1) is 0 Å². The van der Waals surface area contributed by atoms with Crippen LogP contribution in [-0.4, -0.2) is 4.83 Å². The molecule has 2 unspecified atom stereocenters. The largest absolute Gasteiger partial charge is 0.0842 e. The molecule has 0 heterocycles. The van der Waals surface area contributed by atoms with E-state index in [-0.39, 0.29) is 5.41 Å². The maximum Gasteiger partial charge on any atom is 0.0355 e. The van der Waals surface area contributed by atoms with E-state index in [9.17, 15) is 0 Å². The molecule has 90 valence electrons. The zero-order valence-corrected chi connectivity index (χ0v) is 12.1. The van der Waals surface area contributed by atoms with Crippen LogP contribution >= 0.6 is 15.9 Å². The average Bonchev–Trinajstić information content (AvgIpc) is 2.39. The van der Waals surface area contributed by atoms with E-state index in [0.717, 1.165) is 12.8 Å². The van der Waals surface area contributed by atoms with Crippen LogP contribution in [0, 0.1) is 0 Å². The van der Waals surface area contributed by atoms with Crippen molar-refractivity contribution < 1.29 is 0 Å². The first-order valence-electron chi connectivity index (χ1n) is 6.23. The molecule has 0 spiro atoms. The summed E-state index contributed by atoms with van der Waals surface area (Å²) in [7, 11) is 0. The fourth-order valence-electron chi connectivity index (χ4n) is 2.42. The minimum absolute atomic E-state index is 0.145. The number of benzene rings is 1. The first kappa shape index (κ1) is 12.6. The van der Waals surface area contributed by atoms with Crippen LogP contribution in [0.1, 0.15) is 32.3 Å². The zero-order valence-electron chi connectivity index (χ0n) is 10.5. The molecule has 0 N–H and O–H groups in total. The molecule has 2 atom stereocenters. The Morgan fingerprint density at radius 1 is 1.29 bits per heavy atom. The molecule has 0 radical (unpaired) electrons. The Bertz CT molecular complexity index is 430. The number of rotatable bonds is 3. The number of hydrogen-bond acceptors (Lipinski definition) is 0. The molecule has 1 aromatic carbocycles. The maximum absolute atomic E-state index is 3.76. The van der Waals surface area contributed by atoms with Gasteiger partial charge in [0.05, 0.1) is 0 Å². The van der Waals surface area contributed by atoms with Gasteiger partial charge in [0, 0.05) is 10.2 Å². The van der Waals surface area contributed by atoms with Gasteiger partial charge in [-0.05, 0) is 18.4 Å². The Morgan fingerprint density at radius 3 is 2.65 bits per heavy atom. The van der Waals surface area contributed by atoms with E-state index in [1.807, 2.05) is 0 Å². The van der Waals surface area contributed by atoms with Gasteiger partial charge < -0.3 is 0 Å². The lowest BCUT2D eigenvalue weighted by Crippen LogP contribution is -2.24. The average molecular weight is 291 g/mol. The summed E-state index contributed by atoms with van der Waals surface area (Å²) < 4.78 is 0. The predicted molar refractivity (Wildman–Crippen MR) is 78.6 cm³/mol. The molecule has 1 heteroatoms. The molecule has 0 amide bonds. The lowest BCUT2D eigenvalue weighted by Gasteiger charge is -2.32. The number of allylic oxidation sites excluding steroid dienone is 4. The van der Waals surface area contributed by atoms with Crippen molar-refractivity contribution in [1.29, 1.82) is 0 Å². The maximum atomic E-state index is 3.76. The van der Waals surface area contributed by atoms with Crippen LogP contribution in [-0.2, 0) is 5.41 Å². The number of alkyl halides is 1. The van der Waals surface area contributed by atoms with E-state index in [1.165, 1.54) is 11.1 Å². The highest BCUT2D eigenvalue weighted by Crippen LogP contribution is 2.37. The normalized spacial score (nSPS) is 25.5. The Labute approximate surface area is 113 Å². The third kappa shape index (κ3) is 2.71. The van der Waals surface area contributed by atoms with Gasteiger partial charge in [0.25, 0.3) is 0 Å². The monoisotopic (exact) mass is 290 g/mol. The van der Waals surface area contributed by atoms with Crippen LogP contribution in [0.4, 0.5) is 0 Å². The molecule has 0 saturated heterocycles. The number of halogens is 1. The minimum atomic E-state index is 0.145. The summed E-state index contributed by atoms with van der Waals surface area (Å²) >= 11 is 3.76. The van der Waals surface area contributed by atoms with Crippen molar-refractivity contribution >= 4 is 15.9 Å². The van der Waals surface area contributed by atoms with Crippen LogP contribution in [0.25, 0.3) is 0 Å². The van der Waals surface area contributed by atoms with Crippen molar-refractivity contribution in [2.75, 3.05) is 0 Å². The summed E-state index contributed by atoms with van der Waals surface area (Å²) in [5, 5.41) is 0. The minimum Gasteiger partial charge on any atom is -0.0842 e. The van der Waals surface area contributed by atoms with Crippen LogP contribution in [0.3, 0.4) is 0 Å². The molecule has 0 nitrogen and oxygen atoms in total. The standard InChI is InChI=1S/C16H19Br/c1-3-15(17)13-8-7-11-16(2,12-13)14-9-5-4-6-10-14/h4-11,15H,3,12H2,1-2H3. The molecule has 0 saturated carbocycles. The van der Waals surface area contributed by atoms with Crippen molar-refractivity contribution in [3.63, 3.8) is 0 Å². The smallest absolute Gasteiger partial charge is 0.0355 e. The van der Waals surface area contributed by atoms with E-state index in [1.54, 1.807) is 0 Å². The molecule has 0 aromatic heterocycles. The quantitative estimate of drug-likeness (QED) is 0.687. The Hall–Kier alpha value is -0.820. The molecule has 1 aliphatic carbocycles. The van der Waals surface area contributed by atoms with Crippen molar-refractivity contribution in [3.05, 3.63) is 59.7 Å². The second kappa shape index (κ2) is 5.22. The lowest BCUT2D eigenvalue weighted by atomic mass is 9.74. The highest BCUT2D eigenvalue weighted by Gasteiger charge is 2.28. The Balaban J connectivity index is 2.26. The molecule has 0 fully saturated rings. The summed E-state index contributed by atoms with van der Waals surface area (Å²) in [5.41, 5.74) is 3.05. The van der Waals surface area contributed by atoms with Gasteiger partial charge >= 0.3 is 0 Å². The fourth-order valence-corrected chi connectivity index (χ4v) is 2.73. The van der Waals surface area contributed by atoms with Crippen molar-refractivity contribution in [1.82, 2.24) is 0 Å². The van der Waals surface area contributed by atoms with Gasteiger partial charge in [0.2, 0.25) is 0 Å². The predicted octanol–water partition coefficient (Wildman–Crippen LogP) is 5.00. The van der Waals surface area contributed by atoms with Gasteiger partial charge in [-0.25, -0.2) is 0 Å². The molecule has 1 aliphatic rings. The van der Waals surface area contributed by atoms with E-state index in [2.05, 4.69) is 78.3 Å². The highest BCUT2D eigenvalue weighted by molar-refractivity contribution is 9.09. The van der Waals surface area contributed by atoms with Crippen LogP contribution in [0.15, 0.2) is 54.1 Å². The summed E-state index contributed by atoms with van der Waals surface area (Å²) in [5.74, 6) is 0. The summed E-state index contributed by atoms with van der Waals surface area (Å²) in [6, 6.07) is 10.8. The van der Waals surface area contributed by atoms with Gasteiger partial charge in [0.15, 0.2) is 0 Å². The summed E-state index contributed by atoms with van der Waals surface area (Å²) in [6.45, 7) is 4.54. The molecular formula is C16H19Br. The first-order chi connectivity index (χ1) is 8.15.